The second kappa shape index (κ2) is 13.2. The first-order valence-corrected chi connectivity index (χ1v) is 12.7. The molecule has 172 valence electrons. The predicted octanol–water partition coefficient (Wildman–Crippen LogP) is 3.64. The van der Waals surface area contributed by atoms with Crippen LogP contribution < -0.4 is 11.1 Å². The van der Waals surface area contributed by atoms with Crippen LogP contribution in [0.15, 0.2) is 0 Å². The Morgan fingerprint density at radius 3 is 2.33 bits per heavy atom. The van der Waals surface area contributed by atoms with E-state index in [-0.39, 0.29) is 17.7 Å². The van der Waals surface area contributed by atoms with Gasteiger partial charge in [-0.3, -0.25) is 19.6 Å². The van der Waals surface area contributed by atoms with Crippen LogP contribution in [-0.4, -0.2) is 47.5 Å². The smallest absolute Gasteiger partial charge is 0.240 e. The molecule has 0 spiro atoms. The minimum Gasteiger partial charge on any atom is -0.368 e. The van der Waals surface area contributed by atoms with Gasteiger partial charge in [0.05, 0.1) is 0 Å². The van der Waals surface area contributed by atoms with E-state index in [9.17, 15) is 14.4 Å². The highest BCUT2D eigenvalue weighted by atomic mass is 32.2. The molecule has 0 bridgehead atoms. The van der Waals surface area contributed by atoms with Gasteiger partial charge >= 0.3 is 0 Å². The lowest BCUT2D eigenvalue weighted by molar-refractivity contribution is -0.136. The molecule has 2 atom stereocenters. The highest BCUT2D eigenvalue weighted by Gasteiger charge is 2.35. The second-order valence-corrected chi connectivity index (χ2v) is 10.1. The fourth-order valence-corrected chi connectivity index (χ4v) is 5.58. The van der Waals surface area contributed by atoms with E-state index in [0.29, 0.717) is 37.6 Å². The number of hydrogen-bond acceptors (Lipinski definition) is 4. The molecular formula is C23H40N3O3S-. The molecule has 6 nitrogen and oxygen atoms in total. The Morgan fingerprint density at radius 2 is 1.77 bits per heavy atom. The van der Waals surface area contributed by atoms with E-state index in [2.05, 4.69) is 12.2 Å². The third-order valence-corrected chi connectivity index (χ3v) is 7.72. The zero-order chi connectivity index (χ0) is 21.9. The number of carbonyl (C=O) groups excluding carboxylic acids is 3. The molecule has 1 saturated carbocycles. The van der Waals surface area contributed by atoms with Crippen LogP contribution >= 0.6 is 11.8 Å². The molecule has 7 heteroatoms. The van der Waals surface area contributed by atoms with E-state index in [4.69, 9.17) is 5.73 Å². The Morgan fingerprint density at radius 1 is 1.17 bits per heavy atom. The molecule has 1 saturated heterocycles. The summed E-state index contributed by atoms with van der Waals surface area (Å²) in [6.45, 7) is 5.00. The molecular weight excluding hydrogens is 398 g/mol. The predicted molar refractivity (Wildman–Crippen MR) is 123 cm³/mol. The largest absolute Gasteiger partial charge is 0.368 e. The van der Waals surface area contributed by atoms with Crippen molar-refractivity contribution in [3.63, 3.8) is 0 Å². The van der Waals surface area contributed by atoms with Gasteiger partial charge < -0.3 is 27.7 Å². The average Bonchev–Trinajstić information content (AvgIpc) is 3.09. The molecule has 1 heterocycles. The van der Waals surface area contributed by atoms with Gasteiger partial charge in [0.15, 0.2) is 0 Å². The van der Waals surface area contributed by atoms with Gasteiger partial charge in [-0.25, -0.2) is 0 Å². The Labute approximate surface area is 186 Å². The highest BCUT2D eigenvalue weighted by molar-refractivity contribution is 8.02. The third-order valence-electron chi connectivity index (χ3n) is 6.53. The molecule has 3 N–H and O–H groups in total. The molecule has 1 aliphatic heterocycles. The quantitative estimate of drug-likeness (QED) is 0.538. The summed E-state index contributed by atoms with van der Waals surface area (Å²) in [4.78, 5) is 37.7. The molecule has 0 aromatic rings. The first kappa shape index (κ1) is 25.0. The molecule has 2 aliphatic rings. The Balaban J connectivity index is 1.70. The van der Waals surface area contributed by atoms with Crippen molar-refractivity contribution in [2.24, 2.45) is 17.6 Å². The fourth-order valence-electron chi connectivity index (χ4n) is 4.64. The molecule has 0 aromatic carbocycles. The van der Waals surface area contributed by atoms with Crippen molar-refractivity contribution in [3.8, 4) is 0 Å². The lowest BCUT2D eigenvalue weighted by Crippen LogP contribution is -2.45. The highest BCUT2D eigenvalue weighted by Crippen LogP contribution is 2.35. The summed E-state index contributed by atoms with van der Waals surface area (Å²) >= 11 is 1.68. The first-order valence-electron chi connectivity index (χ1n) is 11.7. The molecule has 2 rings (SSSR count). The first-order chi connectivity index (χ1) is 14.4. The number of thioether (sulfide) groups is 1. The van der Waals surface area contributed by atoms with Crippen molar-refractivity contribution in [2.45, 2.75) is 90.5 Å². The monoisotopic (exact) mass is 438 g/mol. The summed E-state index contributed by atoms with van der Waals surface area (Å²) in [6.07, 6.45) is 12.8. The van der Waals surface area contributed by atoms with Gasteiger partial charge in [-0.15, -0.1) is 0 Å². The number of nitrogens with two attached hydrogens (primary N) is 1. The van der Waals surface area contributed by atoms with Crippen molar-refractivity contribution >= 4 is 29.5 Å². The number of hydrogen-bond donors (Lipinski definition) is 2. The maximum absolute atomic E-state index is 12.4. The third kappa shape index (κ3) is 8.12. The van der Waals surface area contributed by atoms with Crippen molar-refractivity contribution in [1.29, 1.82) is 0 Å². The normalized spacial score (nSPS) is 22.8. The van der Waals surface area contributed by atoms with Crippen LogP contribution in [0.4, 0.5) is 0 Å². The summed E-state index contributed by atoms with van der Waals surface area (Å²) in [5.74, 6) is 0.621. The Kier molecular flexibility index (Phi) is 11.0. The Hall–Kier alpha value is -1.24. The summed E-state index contributed by atoms with van der Waals surface area (Å²) in [6, 6.07) is -0.539. The molecule has 3 amide bonds. The molecule has 30 heavy (non-hydrogen) atoms. The second-order valence-electron chi connectivity index (χ2n) is 8.90. The van der Waals surface area contributed by atoms with Crippen LogP contribution in [0.5, 0.6) is 0 Å². The number of carbonyl (C=O) groups is 3. The van der Waals surface area contributed by atoms with E-state index in [1.165, 1.54) is 63.0 Å². The minimum atomic E-state index is -0.539. The number of amides is 3. The van der Waals surface area contributed by atoms with Gasteiger partial charge in [0.2, 0.25) is 17.7 Å². The van der Waals surface area contributed by atoms with Crippen molar-refractivity contribution in [2.75, 3.05) is 18.8 Å². The number of nitrogens with zero attached hydrogens (tertiary/aromatic N) is 1. The van der Waals surface area contributed by atoms with E-state index in [1.54, 1.807) is 16.7 Å². The summed E-state index contributed by atoms with van der Waals surface area (Å²) < 4.78 is 0. The topological polar surface area (TPSA) is 92.5 Å². The average molecular weight is 439 g/mol. The van der Waals surface area contributed by atoms with Crippen molar-refractivity contribution in [1.82, 2.24) is 10.2 Å². The van der Waals surface area contributed by atoms with Gasteiger partial charge in [-0.1, -0.05) is 64.7 Å². The van der Waals surface area contributed by atoms with E-state index < -0.39 is 11.9 Å². The molecule has 2 unspecified atom stereocenters. The minimum absolute atomic E-state index is 0.0204. The zero-order valence-corrected chi connectivity index (χ0v) is 19.6. The van der Waals surface area contributed by atoms with Crippen LogP contribution in [-0.2, 0) is 14.4 Å². The summed E-state index contributed by atoms with van der Waals surface area (Å²) in [5, 5.41) is 4.37. The number of primary amides is 1. The van der Waals surface area contributed by atoms with Crippen LogP contribution in [0.25, 0.3) is 0 Å². The van der Waals surface area contributed by atoms with Crippen LogP contribution in [0, 0.1) is 17.1 Å². The van der Waals surface area contributed by atoms with E-state index in [1.807, 2.05) is 6.92 Å². The molecule has 2 fully saturated rings. The number of nitrogens with one attached hydrogen (secondary N) is 1. The van der Waals surface area contributed by atoms with Gasteiger partial charge in [0, 0.05) is 31.2 Å². The summed E-state index contributed by atoms with van der Waals surface area (Å²) in [5.41, 5.74) is 5.41. The fraction of sp³-hybridized carbons (Fsp3) is 0.826. The van der Waals surface area contributed by atoms with E-state index >= 15 is 0 Å². The molecule has 0 radical (unpaired) electrons. The van der Waals surface area contributed by atoms with Crippen LogP contribution in [0.2, 0.25) is 0 Å². The van der Waals surface area contributed by atoms with Gasteiger partial charge in [-0.2, -0.15) is 12.8 Å². The number of rotatable bonds is 9. The molecule has 0 aromatic heterocycles. The lowest BCUT2D eigenvalue weighted by Gasteiger charge is -2.36. The Bertz CT molecular complexity index is 562. The van der Waals surface area contributed by atoms with Gasteiger partial charge in [-0.05, 0) is 6.42 Å². The van der Waals surface area contributed by atoms with Crippen molar-refractivity contribution < 1.29 is 14.4 Å². The van der Waals surface area contributed by atoms with Gasteiger partial charge in [0.25, 0.3) is 0 Å². The van der Waals surface area contributed by atoms with Crippen LogP contribution in [0.1, 0.15) is 84.5 Å². The SMILES string of the molecule is CCC(C(N)=O)N1CC(CNC(=O)CS[C-](C)C2CCCCCCCCC2)CC1=O. The zero-order valence-electron chi connectivity index (χ0n) is 18.8. The van der Waals surface area contributed by atoms with E-state index in [0.717, 1.165) is 0 Å². The standard InChI is InChI=1S/C23H40N3O3S/c1-3-20(23(24)29)26-15-18(13-22(26)28)14-25-21(27)16-30-17(2)19-11-9-7-5-4-6-8-10-12-19/h18-20H,3-16H2,1-2H3,(H2,24,29)(H,25,27)/q-1. The summed E-state index contributed by atoms with van der Waals surface area (Å²) in [7, 11) is 0. The van der Waals surface area contributed by atoms with Crippen molar-refractivity contribution in [3.05, 3.63) is 5.25 Å². The maximum atomic E-state index is 12.4. The van der Waals surface area contributed by atoms with Crippen LogP contribution in [0.3, 0.4) is 0 Å². The molecule has 1 aliphatic carbocycles. The maximum Gasteiger partial charge on any atom is 0.240 e. The van der Waals surface area contributed by atoms with Gasteiger partial charge in [0.1, 0.15) is 6.04 Å². The number of likely N-dealkylation sites (tertiary alicyclic amines) is 1. The lowest BCUT2D eigenvalue weighted by atomic mass is 9.90.